The van der Waals surface area contributed by atoms with Crippen LogP contribution in [0.25, 0.3) is 0 Å². The summed E-state index contributed by atoms with van der Waals surface area (Å²) in [6.45, 7) is 6.36. The van der Waals surface area contributed by atoms with E-state index in [1.165, 1.54) is 5.56 Å². The van der Waals surface area contributed by atoms with Crippen LogP contribution in [-0.2, 0) is 5.41 Å². The summed E-state index contributed by atoms with van der Waals surface area (Å²) in [5.41, 5.74) is 11.8. The molecule has 5 heteroatoms. The Labute approximate surface area is 107 Å². The minimum atomic E-state index is -0.266. The average molecular weight is 251 g/mol. The third kappa shape index (κ3) is 4.03. The first-order chi connectivity index (χ1) is 7.80. The molecule has 0 aliphatic carbocycles. The van der Waals surface area contributed by atoms with E-state index < -0.39 is 0 Å². The van der Waals surface area contributed by atoms with E-state index in [-0.39, 0.29) is 16.4 Å². The van der Waals surface area contributed by atoms with Crippen LogP contribution in [0.4, 0.5) is 0 Å². The number of carbonyl (C=O) groups is 1. The molecule has 17 heavy (non-hydrogen) atoms. The maximum atomic E-state index is 11.6. The van der Waals surface area contributed by atoms with E-state index in [9.17, 15) is 4.79 Å². The van der Waals surface area contributed by atoms with Crippen LogP contribution in [0.3, 0.4) is 0 Å². The van der Waals surface area contributed by atoms with Gasteiger partial charge in [-0.1, -0.05) is 32.9 Å². The second kappa shape index (κ2) is 5.14. The molecule has 0 fully saturated rings. The molecular formula is C12H17N3OS. The summed E-state index contributed by atoms with van der Waals surface area (Å²) >= 11 is 4.59. The van der Waals surface area contributed by atoms with E-state index >= 15 is 0 Å². The molecule has 0 atom stereocenters. The van der Waals surface area contributed by atoms with Crippen molar-refractivity contribution in [2.45, 2.75) is 26.2 Å². The molecule has 0 bridgehead atoms. The molecule has 0 unspecified atom stereocenters. The summed E-state index contributed by atoms with van der Waals surface area (Å²) in [6.07, 6.45) is 0. The highest BCUT2D eigenvalue weighted by molar-refractivity contribution is 7.80. The Morgan fingerprint density at radius 1 is 1.18 bits per heavy atom. The number of benzene rings is 1. The van der Waals surface area contributed by atoms with Gasteiger partial charge in [0.15, 0.2) is 5.11 Å². The van der Waals surface area contributed by atoms with Crippen molar-refractivity contribution in [1.82, 2.24) is 10.9 Å². The van der Waals surface area contributed by atoms with E-state index in [2.05, 4.69) is 43.8 Å². The first kappa shape index (κ1) is 13.4. The Hall–Kier alpha value is -1.62. The van der Waals surface area contributed by atoms with Crippen LogP contribution in [0.15, 0.2) is 24.3 Å². The number of hydrogen-bond acceptors (Lipinski definition) is 2. The highest BCUT2D eigenvalue weighted by Gasteiger charge is 2.14. The Morgan fingerprint density at radius 3 is 2.12 bits per heavy atom. The molecule has 0 saturated carbocycles. The van der Waals surface area contributed by atoms with Crippen LogP contribution in [0.1, 0.15) is 36.7 Å². The predicted octanol–water partition coefficient (Wildman–Crippen LogP) is 1.46. The van der Waals surface area contributed by atoms with Crippen LogP contribution in [0, 0.1) is 0 Å². The maximum Gasteiger partial charge on any atom is 0.269 e. The topological polar surface area (TPSA) is 67.2 Å². The summed E-state index contributed by atoms with van der Waals surface area (Å²) in [4.78, 5) is 11.6. The fourth-order valence-corrected chi connectivity index (χ4v) is 1.36. The second-order valence-electron chi connectivity index (χ2n) is 4.77. The Morgan fingerprint density at radius 2 is 1.71 bits per heavy atom. The summed E-state index contributed by atoms with van der Waals surface area (Å²) in [5.74, 6) is -0.266. The quantitative estimate of drug-likeness (QED) is 0.522. The van der Waals surface area contributed by atoms with Gasteiger partial charge in [-0.15, -0.1) is 0 Å². The van der Waals surface area contributed by atoms with Crippen LogP contribution in [-0.4, -0.2) is 11.0 Å². The molecule has 0 saturated heterocycles. The molecule has 4 nitrogen and oxygen atoms in total. The van der Waals surface area contributed by atoms with Gasteiger partial charge in [0.25, 0.3) is 5.91 Å². The Bertz CT molecular complexity index is 420. The first-order valence-electron chi connectivity index (χ1n) is 5.27. The van der Waals surface area contributed by atoms with E-state index in [1.807, 2.05) is 12.1 Å². The number of hydrogen-bond donors (Lipinski definition) is 3. The van der Waals surface area contributed by atoms with Crippen molar-refractivity contribution in [3.05, 3.63) is 35.4 Å². The van der Waals surface area contributed by atoms with Gasteiger partial charge in [-0.25, -0.2) is 0 Å². The maximum absolute atomic E-state index is 11.6. The number of carbonyl (C=O) groups excluding carboxylic acids is 1. The zero-order chi connectivity index (χ0) is 13.1. The van der Waals surface area contributed by atoms with Crippen molar-refractivity contribution < 1.29 is 4.79 Å². The van der Waals surface area contributed by atoms with Crippen molar-refractivity contribution in [3.63, 3.8) is 0 Å². The molecule has 0 aliphatic rings. The van der Waals surface area contributed by atoms with Crippen LogP contribution < -0.4 is 16.6 Å². The summed E-state index contributed by atoms with van der Waals surface area (Å²) < 4.78 is 0. The summed E-state index contributed by atoms with van der Waals surface area (Å²) in [5, 5.41) is 0.0321. The predicted molar refractivity (Wildman–Crippen MR) is 72.5 cm³/mol. The van der Waals surface area contributed by atoms with Gasteiger partial charge in [0.2, 0.25) is 0 Å². The van der Waals surface area contributed by atoms with Gasteiger partial charge < -0.3 is 5.73 Å². The normalized spacial score (nSPS) is 10.8. The number of nitrogens with one attached hydrogen (secondary N) is 2. The lowest BCUT2D eigenvalue weighted by atomic mass is 9.87. The smallest absolute Gasteiger partial charge is 0.269 e. The number of nitrogens with two attached hydrogens (primary N) is 1. The van der Waals surface area contributed by atoms with Gasteiger partial charge >= 0.3 is 0 Å². The number of rotatable bonds is 1. The van der Waals surface area contributed by atoms with Gasteiger partial charge in [0.1, 0.15) is 0 Å². The Kier molecular flexibility index (Phi) is 4.07. The van der Waals surface area contributed by atoms with E-state index in [0.29, 0.717) is 5.56 Å². The lowest BCUT2D eigenvalue weighted by Crippen LogP contribution is -2.44. The summed E-state index contributed by atoms with van der Waals surface area (Å²) in [6, 6.07) is 7.43. The average Bonchev–Trinajstić information content (AvgIpc) is 2.25. The number of amides is 1. The molecule has 0 radical (unpaired) electrons. The molecule has 0 heterocycles. The minimum Gasteiger partial charge on any atom is -0.375 e. The zero-order valence-electron chi connectivity index (χ0n) is 10.2. The van der Waals surface area contributed by atoms with Crippen molar-refractivity contribution >= 4 is 23.2 Å². The summed E-state index contributed by atoms with van der Waals surface area (Å²) in [7, 11) is 0. The molecule has 4 N–H and O–H groups in total. The van der Waals surface area contributed by atoms with E-state index in [1.54, 1.807) is 12.1 Å². The highest BCUT2D eigenvalue weighted by Crippen LogP contribution is 2.21. The fraction of sp³-hybridized carbons (Fsp3) is 0.333. The standard InChI is InChI=1S/C12H17N3OS/c1-12(2,3)9-6-4-8(5-7-9)10(16)14-15-11(13)17/h4-7H,1-3H3,(H,14,16)(H3,13,15,17). The van der Waals surface area contributed by atoms with E-state index in [0.717, 1.165) is 0 Å². The molecule has 0 aliphatic heterocycles. The fourth-order valence-electron chi connectivity index (χ4n) is 1.31. The molecule has 1 aromatic rings. The third-order valence-corrected chi connectivity index (χ3v) is 2.41. The van der Waals surface area contributed by atoms with Gasteiger partial charge in [0.05, 0.1) is 0 Å². The molecule has 1 amide bonds. The number of hydrazine groups is 1. The molecule has 1 rings (SSSR count). The minimum absolute atomic E-state index is 0.0321. The third-order valence-electron chi connectivity index (χ3n) is 2.31. The van der Waals surface area contributed by atoms with Crippen molar-refractivity contribution in [2.24, 2.45) is 5.73 Å². The van der Waals surface area contributed by atoms with Crippen LogP contribution >= 0.6 is 12.2 Å². The monoisotopic (exact) mass is 251 g/mol. The first-order valence-corrected chi connectivity index (χ1v) is 5.68. The SMILES string of the molecule is CC(C)(C)c1ccc(C(=O)NNC(N)=S)cc1. The van der Waals surface area contributed by atoms with Crippen molar-refractivity contribution in [2.75, 3.05) is 0 Å². The molecule has 1 aromatic carbocycles. The lowest BCUT2D eigenvalue weighted by molar-refractivity contribution is 0.0944. The lowest BCUT2D eigenvalue weighted by Gasteiger charge is -2.19. The molecule has 0 spiro atoms. The van der Waals surface area contributed by atoms with E-state index in [4.69, 9.17) is 5.73 Å². The number of thiocarbonyl (C=S) groups is 1. The zero-order valence-corrected chi connectivity index (χ0v) is 11.0. The molecule has 0 aromatic heterocycles. The largest absolute Gasteiger partial charge is 0.375 e. The highest BCUT2D eigenvalue weighted by atomic mass is 32.1. The van der Waals surface area contributed by atoms with Crippen molar-refractivity contribution in [3.8, 4) is 0 Å². The van der Waals surface area contributed by atoms with Crippen molar-refractivity contribution in [1.29, 1.82) is 0 Å². The van der Waals surface area contributed by atoms with Gasteiger partial charge in [0, 0.05) is 5.56 Å². The molecule has 92 valence electrons. The van der Waals surface area contributed by atoms with Gasteiger partial charge in [-0.2, -0.15) is 0 Å². The van der Waals surface area contributed by atoms with Gasteiger partial charge in [-0.05, 0) is 35.3 Å². The van der Waals surface area contributed by atoms with Crippen LogP contribution in [0.5, 0.6) is 0 Å². The van der Waals surface area contributed by atoms with Gasteiger partial charge in [-0.3, -0.25) is 15.6 Å². The molecular weight excluding hydrogens is 234 g/mol. The second-order valence-corrected chi connectivity index (χ2v) is 5.21. The van der Waals surface area contributed by atoms with Crippen LogP contribution in [0.2, 0.25) is 0 Å². The Balaban J connectivity index is 2.74.